The number of rotatable bonds is 2. The van der Waals surface area contributed by atoms with E-state index in [0.29, 0.717) is 18.1 Å². The number of thioether (sulfide) groups is 1. The molecule has 0 aromatic rings. The molecule has 128 valence electrons. The van der Waals surface area contributed by atoms with Gasteiger partial charge in [0.2, 0.25) is 11.8 Å². The van der Waals surface area contributed by atoms with Crippen molar-refractivity contribution in [1.29, 1.82) is 0 Å². The summed E-state index contributed by atoms with van der Waals surface area (Å²) in [5.74, 6) is -0.271. The number of nitrogens with zero attached hydrogens (tertiary/aromatic N) is 1. The summed E-state index contributed by atoms with van der Waals surface area (Å²) in [7, 11) is 0. The molecule has 2 aliphatic rings. The fraction of sp³-hybridized carbons (Fsp3) is 0.714. The summed E-state index contributed by atoms with van der Waals surface area (Å²) in [6.45, 7) is 5.66. The molecule has 0 aromatic heterocycles. The van der Waals surface area contributed by atoms with Crippen molar-refractivity contribution in [3.63, 3.8) is 0 Å². The average molecular weight is 343 g/mol. The second-order valence-corrected chi connectivity index (χ2v) is 7.58. The van der Waals surface area contributed by atoms with Gasteiger partial charge < -0.3 is 15.0 Å². The highest BCUT2D eigenvalue weighted by Gasteiger charge is 2.40. The Kier molecular flexibility index (Phi) is 5.18. The monoisotopic (exact) mass is 343 g/mol. The van der Waals surface area contributed by atoms with Crippen LogP contribution in [0.1, 0.15) is 27.2 Å². The first-order valence-corrected chi connectivity index (χ1v) is 8.54. The summed E-state index contributed by atoms with van der Waals surface area (Å²) in [6, 6.07) is -2.34. The van der Waals surface area contributed by atoms with Crippen molar-refractivity contribution in [2.75, 3.05) is 18.1 Å². The number of imide groups is 1. The molecule has 0 bridgehead atoms. The fourth-order valence-corrected chi connectivity index (χ4v) is 3.42. The van der Waals surface area contributed by atoms with Crippen LogP contribution in [0.5, 0.6) is 0 Å². The van der Waals surface area contributed by atoms with Gasteiger partial charge in [-0.15, -0.1) is 0 Å². The van der Waals surface area contributed by atoms with Crippen LogP contribution >= 0.6 is 11.8 Å². The lowest BCUT2D eigenvalue weighted by Gasteiger charge is -2.37. The normalized spacial score (nSPS) is 25.4. The standard InChI is InChI=1S/C14H21N3O5S/c1-14(2,3)22-12(20)9-7-23-5-4-17(9)11(19)8-6-10(18)16-13(21)15-8/h8-9H,4-7H2,1-3H3,(H2,15,16,18,21)/t8-,9?/m0/s1. The van der Waals surface area contributed by atoms with E-state index in [2.05, 4.69) is 10.6 Å². The maximum Gasteiger partial charge on any atom is 0.330 e. The van der Waals surface area contributed by atoms with Crippen LogP contribution in [0.4, 0.5) is 4.79 Å². The largest absolute Gasteiger partial charge is 0.458 e. The van der Waals surface area contributed by atoms with E-state index in [-0.39, 0.29) is 6.42 Å². The van der Waals surface area contributed by atoms with Crippen LogP contribution in [0, 0.1) is 0 Å². The van der Waals surface area contributed by atoms with Crippen LogP contribution in [0.2, 0.25) is 0 Å². The second-order valence-electron chi connectivity index (χ2n) is 6.43. The summed E-state index contributed by atoms with van der Waals surface area (Å²) in [5, 5.41) is 4.51. The van der Waals surface area contributed by atoms with Gasteiger partial charge in [0.15, 0.2) is 0 Å². The lowest BCUT2D eigenvalue weighted by Crippen LogP contribution is -2.62. The molecule has 2 heterocycles. The quantitative estimate of drug-likeness (QED) is 0.677. The number of carbonyl (C=O) groups is 4. The maximum atomic E-state index is 12.6. The Morgan fingerprint density at radius 1 is 1.30 bits per heavy atom. The van der Waals surface area contributed by atoms with Gasteiger partial charge in [0.25, 0.3) is 0 Å². The Morgan fingerprint density at radius 3 is 2.61 bits per heavy atom. The van der Waals surface area contributed by atoms with E-state index < -0.39 is 41.5 Å². The van der Waals surface area contributed by atoms with Crippen molar-refractivity contribution in [2.24, 2.45) is 0 Å². The van der Waals surface area contributed by atoms with Crippen molar-refractivity contribution in [3.8, 4) is 0 Å². The summed E-state index contributed by atoms with van der Waals surface area (Å²) in [5.41, 5.74) is -0.646. The lowest BCUT2D eigenvalue weighted by molar-refractivity contribution is -0.164. The van der Waals surface area contributed by atoms with Gasteiger partial charge >= 0.3 is 12.0 Å². The number of hydrogen-bond acceptors (Lipinski definition) is 6. The third-order valence-corrected chi connectivity index (χ3v) is 4.36. The number of ether oxygens (including phenoxy) is 1. The van der Waals surface area contributed by atoms with Crippen LogP contribution in [0.25, 0.3) is 0 Å². The zero-order valence-electron chi connectivity index (χ0n) is 13.4. The SMILES string of the molecule is CC(C)(C)OC(=O)C1CSCCN1C(=O)[C@@H]1CC(=O)NC(=O)N1. The minimum absolute atomic E-state index is 0.130. The number of carbonyl (C=O) groups excluding carboxylic acids is 4. The van der Waals surface area contributed by atoms with E-state index in [0.717, 1.165) is 0 Å². The fourth-order valence-electron chi connectivity index (χ4n) is 2.39. The molecule has 2 saturated heterocycles. The Morgan fingerprint density at radius 2 is 2.00 bits per heavy atom. The molecular weight excluding hydrogens is 322 g/mol. The Bertz CT molecular complexity index is 515. The lowest BCUT2D eigenvalue weighted by atomic mass is 10.1. The Balaban J connectivity index is 2.11. The Hall–Kier alpha value is -1.77. The average Bonchev–Trinajstić information content (AvgIpc) is 2.43. The van der Waals surface area contributed by atoms with Gasteiger partial charge in [0, 0.05) is 18.1 Å². The first kappa shape index (κ1) is 17.6. The van der Waals surface area contributed by atoms with Crippen molar-refractivity contribution in [3.05, 3.63) is 0 Å². The first-order chi connectivity index (χ1) is 10.7. The molecule has 23 heavy (non-hydrogen) atoms. The van der Waals surface area contributed by atoms with Gasteiger partial charge in [-0.2, -0.15) is 11.8 Å². The molecule has 2 rings (SSSR count). The number of hydrogen-bond donors (Lipinski definition) is 2. The highest BCUT2D eigenvalue weighted by atomic mass is 32.2. The predicted molar refractivity (Wildman–Crippen MR) is 83.8 cm³/mol. The molecule has 2 fully saturated rings. The third kappa shape index (κ3) is 4.60. The molecule has 0 aliphatic carbocycles. The molecule has 2 aliphatic heterocycles. The minimum Gasteiger partial charge on any atom is -0.458 e. The highest BCUT2D eigenvalue weighted by Crippen LogP contribution is 2.21. The maximum absolute atomic E-state index is 12.6. The van der Waals surface area contributed by atoms with E-state index >= 15 is 0 Å². The second kappa shape index (κ2) is 6.77. The molecule has 0 saturated carbocycles. The number of esters is 1. The number of amides is 4. The molecule has 9 heteroatoms. The first-order valence-electron chi connectivity index (χ1n) is 7.39. The van der Waals surface area contributed by atoms with Crippen molar-refractivity contribution in [2.45, 2.75) is 44.9 Å². The molecule has 0 aromatic carbocycles. The third-order valence-electron chi connectivity index (χ3n) is 3.34. The van der Waals surface area contributed by atoms with Gasteiger partial charge in [0.05, 0.1) is 6.42 Å². The Labute approximate surface area is 138 Å². The zero-order chi connectivity index (χ0) is 17.2. The van der Waals surface area contributed by atoms with Gasteiger partial charge in [-0.25, -0.2) is 9.59 Å². The van der Waals surface area contributed by atoms with Gasteiger partial charge in [-0.3, -0.25) is 14.9 Å². The molecule has 1 unspecified atom stereocenters. The van der Waals surface area contributed by atoms with E-state index in [1.54, 1.807) is 32.5 Å². The van der Waals surface area contributed by atoms with Crippen LogP contribution in [-0.2, 0) is 19.1 Å². The summed E-state index contributed by atoms with van der Waals surface area (Å²) < 4.78 is 5.37. The molecule has 0 radical (unpaired) electrons. The predicted octanol–water partition coefficient (Wildman–Crippen LogP) is -0.130. The number of urea groups is 1. The molecule has 8 nitrogen and oxygen atoms in total. The molecule has 4 amide bonds. The van der Waals surface area contributed by atoms with E-state index in [1.807, 2.05) is 0 Å². The summed E-state index contributed by atoms with van der Waals surface area (Å²) in [6.07, 6.45) is -0.130. The van der Waals surface area contributed by atoms with E-state index in [9.17, 15) is 19.2 Å². The van der Waals surface area contributed by atoms with Crippen LogP contribution in [0.15, 0.2) is 0 Å². The molecule has 0 spiro atoms. The van der Waals surface area contributed by atoms with Crippen LogP contribution in [0.3, 0.4) is 0 Å². The van der Waals surface area contributed by atoms with Gasteiger partial charge in [-0.05, 0) is 20.8 Å². The van der Waals surface area contributed by atoms with Crippen molar-refractivity contribution in [1.82, 2.24) is 15.5 Å². The summed E-state index contributed by atoms with van der Waals surface area (Å²) in [4.78, 5) is 49.2. The van der Waals surface area contributed by atoms with Crippen molar-refractivity contribution >= 4 is 35.6 Å². The van der Waals surface area contributed by atoms with Crippen molar-refractivity contribution < 1.29 is 23.9 Å². The van der Waals surface area contributed by atoms with E-state index in [4.69, 9.17) is 4.74 Å². The molecular formula is C14H21N3O5S. The molecule has 2 N–H and O–H groups in total. The summed E-state index contributed by atoms with van der Waals surface area (Å²) >= 11 is 1.56. The highest BCUT2D eigenvalue weighted by molar-refractivity contribution is 7.99. The van der Waals surface area contributed by atoms with E-state index in [1.165, 1.54) is 4.90 Å². The molecule has 2 atom stereocenters. The van der Waals surface area contributed by atoms with Gasteiger partial charge in [0.1, 0.15) is 17.7 Å². The minimum atomic E-state index is -0.940. The topological polar surface area (TPSA) is 105 Å². The van der Waals surface area contributed by atoms with Gasteiger partial charge in [-0.1, -0.05) is 0 Å². The smallest absolute Gasteiger partial charge is 0.330 e. The van der Waals surface area contributed by atoms with Crippen LogP contribution < -0.4 is 10.6 Å². The number of nitrogens with one attached hydrogen (secondary N) is 2. The van der Waals surface area contributed by atoms with Crippen LogP contribution in [-0.4, -0.2) is 64.4 Å². The zero-order valence-corrected chi connectivity index (χ0v) is 14.2.